The summed E-state index contributed by atoms with van der Waals surface area (Å²) in [6.07, 6.45) is 0. The van der Waals surface area contributed by atoms with Gasteiger partial charge in [0.1, 0.15) is 0 Å². The number of hydrogen-bond acceptors (Lipinski definition) is 4. The molecule has 0 amide bonds. The molecule has 8 heavy (non-hydrogen) atoms. The molecule has 0 heterocycles. The molecule has 0 N–H and O–H groups in total. The van der Waals surface area contributed by atoms with Gasteiger partial charge in [0.2, 0.25) is 5.78 Å². The molecule has 0 spiro atoms. The van der Waals surface area contributed by atoms with Crippen molar-refractivity contribution in [2.75, 3.05) is 0 Å². The van der Waals surface area contributed by atoms with Crippen LogP contribution in [0.2, 0.25) is 0 Å². The molecule has 0 saturated carbocycles. The van der Waals surface area contributed by atoms with Crippen LogP contribution in [0.25, 0.3) is 0 Å². The van der Waals surface area contributed by atoms with E-state index in [0.29, 0.717) is 0 Å². The molecule has 4 nitrogen and oxygen atoms in total. The summed E-state index contributed by atoms with van der Waals surface area (Å²) in [5, 5.41) is 2.74. The van der Waals surface area contributed by atoms with Crippen molar-refractivity contribution in [3.63, 3.8) is 0 Å². The number of rotatable bonds is 2. The lowest BCUT2D eigenvalue weighted by Crippen LogP contribution is -2.09. The fourth-order valence-electron chi connectivity index (χ4n) is 0.123. The van der Waals surface area contributed by atoms with Crippen molar-refractivity contribution >= 4 is 18.5 Å². The van der Waals surface area contributed by atoms with Crippen LogP contribution in [0, 0.1) is 0 Å². The largest absolute Gasteiger partial charge is 0.400 e. The summed E-state index contributed by atoms with van der Waals surface area (Å²) in [6, 6.07) is 0. The zero-order chi connectivity index (χ0) is 6.57. The highest BCUT2D eigenvalue weighted by molar-refractivity contribution is 6.32. The maximum absolute atomic E-state index is 10.0. The van der Waals surface area contributed by atoms with E-state index in [1.807, 2.05) is 0 Å². The summed E-state index contributed by atoms with van der Waals surface area (Å²) in [7, 11) is 0. The minimum atomic E-state index is -0.986. The first-order chi connectivity index (χ1) is 3.68. The summed E-state index contributed by atoms with van der Waals surface area (Å²) >= 11 is 0. The second-order valence-electron chi connectivity index (χ2n) is 1.06. The van der Waals surface area contributed by atoms with Gasteiger partial charge in [-0.05, 0) is 0 Å². The van der Waals surface area contributed by atoms with Gasteiger partial charge in [-0.25, -0.2) is 4.79 Å². The molecule has 0 aromatic heterocycles. The predicted molar refractivity (Wildman–Crippen MR) is 26.3 cm³/mol. The molecule has 0 unspecified atom stereocenters. The van der Waals surface area contributed by atoms with Crippen molar-refractivity contribution in [1.29, 1.82) is 0 Å². The number of ketones is 1. The molecule has 0 fully saturated rings. The van der Waals surface area contributed by atoms with E-state index in [1.165, 1.54) is 0 Å². The van der Waals surface area contributed by atoms with E-state index in [-0.39, 0.29) is 0 Å². The van der Waals surface area contributed by atoms with Crippen LogP contribution in [0.4, 0.5) is 0 Å². The van der Waals surface area contributed by atoms with E-state index in [0.717, 1.165) is 6.92 Å². The molecule has 4 heteroatoms. The number of carbonyl (C=O) groups is 2. The smallest absolute Gasteiger partial charge is 0.310 e. The first-order valence-corrected chi connectivity index (χ1v) is 1.86. The summed E-state index contributed by atoms with van der Waals surface area (Å²) in [6.45, 7) is 3.93. The molecule has 0 aliphatic carbocycles. The Kier molecular flexibility index (Phi) is 2.47. The number of oxime groups is 1. The highest BCUT2D eigenvalue weighted by Gasteiger charge is 2.06. The normalized spacial score (nSPS) is 7.62. The van der Waals surface area contributed by atoms with Crippen LogP contribution >= 0.6 is 0 Å². The Morgan fingerprint density at radius 1 is 1.62 bits per heavy atom. The number of hydrogen-bond donors (Lipinski definition) is 0. The third-order valence-electron chi connectivity index (χ3n) is 0.435. The van der Waals surface area contributed by atoms with E-state index in [2.05, 4.69) is 16.7 Å². The van der Waals surface area contributed by atoms with E-state index in [9.17, 15) is 9.59 Å². The number of Topliss-reactive ketones (excluding diaryl/α,β-unsaturated/α-hetero) is 1. The third kappa shape index (κ3) is 2.07. The molecule has 0 aliphatic rings. The molecule has 44 valence electrons. The maximum atomic E-state index is 10.0. The van der Waals surface area contributed by atoms with Gasteiger partial charge in [-0.1, -0.05) is 5.16 Å². The van der Waals surface area contributed by atoms with Crippen LogP contribution in [-0.4, -0.2) is 18.5 Å². The molecule has 0 bridgehead atoms. The van der Waals surface area contributed by atoms with E-state index >= 15 is 0 Å². The Morgan fingerprint density at radius 2 is 2.12 bits per heavy atom. The van der Waals surface area contributed by atoms with Crippen molar-refractivity contribution < 1.29 is 14.4 Å². The van der Waals surface area contributed by atoms with Gasteiger partial charge in [-0.15, -0.1) is 0 Å². The van der Waals surface area contributed by atoms with Crippen molar-refractivity contribution in [3.8, 4) is 0 Å². The lowest BCUT2D eigenvalue weighted by Gasteiger charge is -1.85. The Labute approximate surface area is 46.1 Å². The van der Waals surface area contributed by atoms with E-state index < -0.39 is 11.8 Å². The first kappa shape index (κ1) is 6.81. The lowest BCUT2D eigenvalue weighted by molar-refractivity contribution is -0.152. The molecule has 0 rings (SSSR count). The fraction of sp³-hybridized carbons (Fsp3) is 0.250. The Morgan fingerprint density at radius 3 is 2.25 bits per heavy atom. The zero-order valence-electron chi connectivity index (χ0n) is 4.38. The minimum Gasteiger partial charge on any atom is -0.310 e. The van der Waals surface area contributed by atoms with Crippen LogP contribution in [0.5, 0.6) is 0 Å². The SMILES string of the molecule is C=NOC(=O)C(C)=O. The second kappa shape index (κ2) is 2.90. The zero-order valence-corrected chi connectivity index (χ0v) is 4.38. The van der Waals surface area contributed by atoms with E-state index in [1.54, 1.807) is 0 Å². The van der Waals surface area contributed by atoms with Gasteiger partial charge in [0, 0.05) is 13.6 Å². The van der Waals surface area contributed by atoms with E-state index in [4.69, 9.17) is 0 Å². The lowest BCUT2D eigenvalue weighted by atomic mass is 10.5. The summed E-state index contributed by atoms with van der Waals surface area (Å²) < 4.78 is 0. The molecule has 0 radical (unpaired) electrons. The Balaban J connectivity index is 3.65. The topological polar surface area (TPSA) is 55.7 Å². The molecule has 0 saturated heterocycles. The first-order valence-electron chi connectivity index (χ1n) is 1.86. The summed E-state index contributed by atoms with van der Waals surface area (Å²) in [5.74, 6) is -1.67. The molecule has 0 aliphatic heterocycles. The molecular formula is C4H5NO3. The van der Waals surface area contributed by atoms with Crippen molar-refractivity contribution in [2.24, 2.45) is 5.16 Å². The van der Waals surface area contributed by atoms with Gasteiger partial charge in [-0.3, -0.25) is 4.79 Å². The molecule has 0 aromatic carbocycles. The van der Waals surface area contributed by atoms with Gasteiger partial charge in [-0.2, -0.15) is 0 Å². The van der Waals surface area contributed by atoms with Gasteiger partial charge in [0.15, 0.2) is 0 Å². The van der Waals surface area contributed by atoms with Crippen molar-refractivity contribution in [2.45, 2.75) is 6.92 Å². The highest BCUT2D eigenvalue weighted by atomic mass is 16.7. The quantitative estimate of drug-likeness (QED) is 0.215. The van der Waals surface area contributed by atoms with Crippen LogP contribution in [0.1, 0.15) is 6.92 Å². The van der Waals surface area contributed by atoms with Gasteiger partial charge >= 0.3 is 5.97 Å². The van der Waals surface area contributed by atoms with Crippen molar-refractivity contribution in [3.05, 3.63) is 0 Å². The van der Waals surface area contributed by atoms with Crippen LogP contribution in [0.15, 0.2) is 5.16 Å². The predicted octanol–water partition coefficient (Wildman–Crippen LogP) is -0.266. The average Bonchev–Trinajstić information content (AvgIpc) is 1.67. The number of carbonyl (C=O) groups excluding carboxylic acids is 2. The van der Waals surface area contributed by atoms with Crippen LogP contribution in [0.3, 0.4) is 0 Å². The third-order valence-corrected chi connectivity index (χ3v) is 0.435. The van der Waals surface area contributed by atoms with Gasteiger partial charge < -0.3 is 4.84 Å². The maximum Gasteiger partial charge on any atom is 0.400 e. The van der Waals surface area contributed by atoms with Crippen LogP contribution in [-0.2, 0) is 14.4 Å². The summed E-state index contributed by atoms with van der Waals surface area (Å²) in [5.41, 5.74) is 0. The average molecular weight is 115 g/mol. The molecule has 0 atom stereocenters. The molecular weight excluding hydrogens is 110 g/mol. The molecule has 0 aromatic rings. The summed E-state index contributed by atoms with van der Waals surface area (Å²) in [4.78, 5) is 23.8. The van der Waals surface area contributed by atoms with Gasteiger partial charge in [0.25, 0.3) is 0 Å². The second-order valence-corrected chi connectivity index (χ2v) is 1.06. The monoisotopic (exact) mass is 115 g/mol. The highest BCUT2D eigenvalue weighted by Crippen LogP contribution is 1.77. The van der Waals surface area contributed by atoms with Crippen LogP contribution < -0.4 is 0 Å². The Hall–Kier alpha value is -1.19. The van der Waals surface area contributed by atoms with Crippen molar-refractivity contribution in [1.82, 2.24) is 0 Å². The fourth-order valence-corrected chi connectivity index (χ4v) is 0.123. The standard InChI is InChI=1S/C4H5NO3/c1-3(6)4(7)8-5-2/h2H2,1H3. The minimum absolute atomic E-state index is 0.683. The number of nitrogens with zero attached hydrogens (tertiary/aromatic N) is 1. The Bertz CT molecular complexity index is 129. The van der Waals surface area contributed by atoms with Gasteiger partial charge in [0.05, 0.1) is 0 Å².